The minimum absolute atomic E-state index is 0.424. The Morgan fingerprint density at radius 3 is 2.09 bits per heavy atom. The number of rotatable bonds is 12. The molecule has 0 saturated carbocycles. The van der Waals surface area contributed by atoms with E-state index in [4.69, 9.17) is 18.9 Å². The van der Waals surface area contributed by atoms with E-state index in [1.807, 2.05) is 20.8 Å². The molecule has 0 aliphatic rings. The van der Waals surface area contributed by atoms with E-state index in [1.165, 1.54) is 0 Å². The number of nitrogens with one attached hydrogen (secondary N) is 1. The normalized spacial score (nSPS) is 13.0. The van der Waals surface area contributed by atoms with Crippen molar-refractivity contribution in [2.24, 2.45) is 5.92 Å². The standard InChI is InChI=1S/C16H33NO5/c1-6-14(2)13-21-12-11-20-10-9-19-8-7-17-15(18)22-16(3,4)5/h14H,6-13H2,1-5H3,(H,17,18). The molecule has 0 fully saturated rings. The van der Waals surface area contributed by atoms with E-state index < -0.39 is 11.7 Å². The van der Waals surface area contributed by atoms with Gasteiger partial charge in [0.25, 0.3) is 0 Å². The second kappa shape index (κ2) is 12.7. The van der Waals surface area contributed by atoms with Gasteiger partial charge in [0.2, 0.25) is 0 Å². The number of carbonyl (C=O) groups excluding carboxylic acids is 1. The Labute approximate surface area is 134 Å². The number of alkyl carbamates (subject to hydrolysis) is 1. The van der Waals surface area contributed by atoms with Gasteiger partial charge in [-0.1, -0.05) is 20.3 Å². The first-order chi connectivity index (χ1) is 10.3. The Bertz CT molecular complexity index is 278. The second-order valence-corrected chi connectivity index (χ2v) is 6.24. The molecule has 0 aromatic rings. The molecule has 0 saturated heterocycles. The summed E-state index contributed by atoms with van der Waals surface area (Å²) in [4.78, 5) is 11.3. The van der Waals surface area contributed by atoms with Crippen molar-refractivity contribution in [1.29, 1.82) is 0 Å². The van der Waals surface area contributed by atoms with Gasteiger partial charge in [-0.25, -0.2) is 4.79 Å². The lowest BCUT2D eigenvalue weighted by Crippen LogP contribution is -2.34. The van der Waals surface area contributed by atoms with Crippen molar-refractivity contribution in [1.82, 2.24) is 5.32 Å². The summed E-state index contributed by atoms with van der Waals surface area (Å²) >= 11 is 0. The molecule has 1 amide bonds. The number of ether oxygens (including phenoxy) is 4. The molecule has 1 unspecified atom stereocenters. The average Bonchev–Trinajstić information content (AvgIpc) is 2.42. The van der Waals surface area contributed by atoms with Crippen molar-refractivity contribution in [2.45, 2.75) is 46.6 Å². The predicted octanol–water partition coefficient (Wildman–Crippen LogP) is 2.61. The maximum atomic E-state index is 11.3. The van der Waals surface area contributed by atoms with E-state index in [1.54, 1.807) is 0 Å². The van der Waals surface area contributed by atoms with Crippen molar-refractivity contribution < 1.29 is 23.7 Å². The first-order valence-corrected chi connectivity index (χ1v) is 8.05. The van der Waals surface area contributed by atoms with E-state index in [2.05, 4.69) is 19.2 Å². The molecule has 132 valence electrons. The van der Waals surface area contributed by atoms with Crippen LogP contribution < -0.4 is 5.32 Å². The molecule has 0 rings (SSSR count). The highest BCUT2D eigenvalue weighted by Crippen LogP contribution is 2.06. The molecule has 0 heterocycles. The molecule has 0 aliphatic heterocycles. The molecule has 0 bridgehead atoms. The van der Waals surface area contributed by atoms with Crippen molar-refractivity contribution >= 4 is 6.09 Å². The van der Waals surface area contributed by atoms with Crippen LogP contribution in [0.5, 0.6) is 0 Å². The van der Waals surface area contributed by atoms with Crippen molar-refractivity contribution in [3.05, 3.63) is 0 Å². The van der Waals surface area contributed by atoms with Crippen LogP contribution in [0.15, 0.2) is 0 Å². The summed E-state index contributed by atoms with van der Waals surface area (Å²) in [6.45, 7) is 13.7. The van der Waals surface area contributed by atoms with Gasteiger partial charge >= 0.3 is 6.09 Å². The highest BCUT2D eigenvalue weighted by molar-refractivity contribution is 5.67. The molecule has 0 radical (unpaired) electrons. The van der Waals surface area contributed by atoms with Gasteiger partial charge in [-0.15, -0.1) is 0 Å². The van der Waals surface area contributed by atoms with Crippen LogP contribution >= 0.6 is 0 Å². The lowest BCUT2D eigenvalue weighted by molar-refractivity contribution is 0.00798. The van der Waals surface area contributed by atoms with Crippen molar-refractivity contribution in [3.63, 3.8) is 0 Å². The fourth-order valence-corrected chi connectivity index (χ4v) is 1.38. The maximum Gasteiger partial charge on any atom is 0.407 e. The van der Waals surface area contributed by atoms with Gasteiger partial charge in [0.15, 0.2) is 0 Å². The van der Waals surface area contributed by atoms with E-state index in [9.17, 15) is 4.79 Å². The monoisotopic (exact) mass is 319 g/mol. The van der Waals surface area contributed by atoms with E-state index in [0.29, 0.717) is 45.5 Å². The Kier molecular flexibility index (Phi) is 12.2. The van der Waals surface area contributed by atoms with Crippen LogP contribution in [0.2, 0.25) is 0 Å². The van der Waals surface area contributed by atoms with Gasteiger partial charge in [-0.2, -0.15) is 0 Å². The molecule has 6 heteroatoms. The third-order valence-electron chi connectivity index (χ3n) is 2.76. The summed E-state index contributed by atoms with van der Waals surface area (Å²) in [6.07, 6.45) is 0.706. The van der Waals surface area contributed by atoms with Crippen LogP contribution in [0.1, 0.15) is 41.0 Å². The van der Waals surface area contributed by atoms with Gasteiger partial charge < -0.3 is 24.3 Å². The molecular formula is C16H33NO5. The molecule has 1 N–H and O–H groups in total. The first-order valence-electron chi connectivity index (χ1n) is 8.05. The summed E-state index contributed by atoms with van der Waals surface area (Å²) in [5, 5.41) is 2.63. The molecular weight excluding hydrogens is 286 g/mol. The van der Waals surface area contributed by atoms with Crippen LogP contribution in [0.3, 0.4) is 0 Å². The minimum atomic E-state index is -0.476. The number of amides is 1. The van der Waals surface area contributed by atoms with Crippen LogP contribution in [-0.2, 0) is 18.9 Å². The van der Waals surface area contributed by atoms with Gasteiger partial charge in [0.05, 0.1) is 33.0 Å². The van der Waals surface area contributed by atoms with Gasteiger partial charge in [-0.05, 0) is 26.7 Å². The average molecular weight is 319 g/mol. The minimum Gasteiger partial charge on any atom is -0.444 e. The molecule has 0 aromatic heterocycles. The van der Waals surface area contributed by atoms with Crippen molar-refractivity contribution in [2.75, 3.05) is 46.2 Å². The third-order valence-corrected chi connectivity index (χ3v) is 2.76. The summed E-state index contributed by atoms with van der Waals surface area (Å²) in [7, 11) is 0. The summed E-state index contributed by atoms with van der Waals surface area (Å²) in [5.41, 5.74) is -0.476. The summed E-state index contributed by atoms with van der Waals surface area (Å²) in [5.74, 6) is 0.598. The largest absolute Gasteiger partial charge is 0.444 e. The zero-order valence-corrected chi connectivity index (χ0v) is 14.8. The van der Waals surface area contributed by atoms with E-state index >= 15 is 0 Å². The van der Waals surface area contributed by atoms with E-state index in [-0.39, 0.29) is 0 Å². The zero-order valence-electron chi connectivity index (χ0n) is 14.8. The Balaban J connectivity index is 3.22. The van der Waals surface area contributed by atoms with Crippen LogP contribution in [0.4, 0.5) is 4.79 Å². The number of hydrogen-bond donors (Lipinski definition) is 1. The van der Waals surface area contributed by atoms with Gasteiger partial charge in [0.1, 0.15) is 5.60 Å². The Morgan fingerprint density at radius 1 is 1.00 bits per heavy atom. The highest BCUT2D eigenvalue weighted by Gasteiger charge is 2.15. The van der Waals surface area contributed by atoms with Crippen LogP contribution in [0, 0.1) is 5.92 Å². The van der Waals surface area contributed by atoms with Crippen LogP contribution in [0.25, 0.3) is 0 Å². The zero-order chi connectivity index (χ0) is 16.8. The SMILES string of the molecule is CCC(C)COCCOCCOCCNC(=O)OC(C)(C)C. The van der Waals surface area contributed by atoms with Crippen molar-refractivity contribution in [3.8, 4) is 0 Å². The highest BCUT2D eigenvalue weighted by atomic mass is 16.6. The quantitative estimate of drug-likeness (QED) is 0.560. The molecule has 1 atom stereocenters. The number of carbonyl (C=O) groups is 1. The fraction of sp³-hybridized carbons (Fsp3) is 0.938. The molecule has 0 aliphatic carbocycles. The Hall–Kier alpha value is -0.850. The topological polar surface area (TPSA) is 66.0 Å². The summed E-state index contributed by atoms with van der Waals surface area (Å²) < 4.78 is 21.3. The van der Waals surface area contributed by atoms with Crippen LogP contribution in [-0.4, -0.2) is 57.9 Å². The molecule has 6 nitrogen and oxygen atoms in total. The smallest absolute Gasteiger partial charge is 0.407 e. The maximum absolute atomic E-state index is 11.3. The Morgan fingerprint density at radius 2 is 1.55 bits per heavy atom. The van der Waals surface area contributed by atoms with E-state index in [0.717, 1.165) is 13.0 Å². The second-order valence-electron chi connectivity index (χ2n) is 6.24. The van der Waals surface area contributed by atoms with Gasteiger partial charge in [0, 0.05) is 13.2 Å². The lowest BCUT2D eigenvalue weighted by Gasteiger charge is -2.19. The fourth-order valence-electron chi connectivity index (χ4n) is 1.38. The molecule has 0 spiro atoms. The predicted molar refractivity (Wildman–Crippen MR) is 86.1 cm³/mol. The molecule has 22 heavy (non-hydrogen) atoms. The van der Waals surface area contributed by atoms with Gasteiger partial charge in [-0.3, -0.25) is 0 Å². The first kappa shape index (κ1) is 21.1. The number of hydrogen-bond acceptors (Lipinski definition) is 5. The lowest BCUT2D eigenvalue weighted by atomic mass is 10.1. The summed E-state index contributed by atoms with van der Waals surface area (Å²) in [6, 6.07) is 0. The third kappa shape index (κ3) is 15.5. The molecule has 0 aromatic carbocycles.